The second-order valence-corrected chi connectivity index (χ2v) is 8.14. The molecular weight excluding hydrogens is 376 g/mol. The van der Waals surface area contributed by atoms with E-state index in [-0.39, 0.29) is 23.4 Å². The van der Waals surface area contributed by atoms with E-state index in [0.717, 1.165) is 21.7 Å². The number of ether oxygens (including phenoxy) is 1. The van der Waals surface area contributed by atoms with Crippen molar-refractivity contribution in [3.63, 3.8) is 0 Å². The molecule has 0 unspecified atom stereocenters. The molecule has 0 radical (unpaired) electrons. The van der Waals surface area contributed by atoms with Crippen LogP contribution in [0, 0.1) is 0 Å². The third kappa shape index (κ3) is 4.64. The van der Waals surface area contributed by atoms with Crippen LogP contribution in [0.15, 0.2) is 46.6 Å². The van der Waals surface area contributed by atoms with Crippen molar-refractivity contribution in [2.24, 2.45) is 0 Å². The summed E-state index contributed by atoms with van der Waals surface area (Å²) in [6.45, 7) is 5.98. The third-order valence-electron chi connectivity index (χ3n) is 4.06. The van der Waals surface area contributed by atoms with Gasteiger partial charge in [0.05, 0.1) is 18.5 Å². The standard InChI is InChI=1S/C20H22N4O3S/c1-20(2,3)16-12-28-19(21-16)22-17(25)11-24-18(26)10-9-15(23-24)13-5-7-14(27-4)8-6-13/h5-10,12H,11H2,1-4H3,(H,21,22,25). The predicted molar refractivity (Wildman–Crippen MR) is 110 cm³/mol. The number of hydrogen-bond donors (Lipinski definition) is 1. The van der Waals surface area contributed by atoms with Gasteiger partial charge in [-0.1, -0.05) is 20.8 Å². The van der Waals surface area contributed by atoms with Gasteiger partial charge in [0.2, 0.25) is 5.91 Å². The van der Waals surface area contributed by atoms with Gasteiger partial charge in [0.25, 0.3) is 5.56 Å². The molecule has 146 valence electrons. The first-order chi connectivity index (χ1) is 13.3. The van der Waals surface area contributed by atoms with Crippen LogP contribution >= 0.6 is 11.3 Å². The van der Waals surface area contributed by atoms with Crippen molar-refractivity contribution in [3.05, 3.63) is 57.8 Å². The lowest BCUT2D eigenvalue weighted by molar-refractivity contribution is -0.117. The monoisotopic (exact) mass is 398 g/mol. The summed E-state index contributed by atoms with van der Waals surface area (Å²) in [6, 6.07) is 10.4. The Bertz CT molecular complexity index is 1030. The zero-order valence-electron chi connectivity index (χ0n) is 16.2. The van der Waals surface area contributed by atoms with Gasteiger partial charge < -0.3 is 10.1 Å². The zero-order chi connectivity index (χ0) is 20.3. The van der Waals surface area contributed by atoms with E-state index in [9.17, 15) is 9.59 Å². The van der Waals surface area contributed by atoms with Crippen molar-refractivity contribution in [1.82, 2.24) is 14.8 Å². The molecule has 0 bridgehead atoms. The normalized spacial score (nSPS) is 11.3. The average molecular weight is 398 g/mol. The van der Waals surface area contributed by atoms with Crippen LogP contribution in [0.3, 0.4) is 0 Å². The minimum atomic E-state index is -0.351. The number of methoxy groups -OCH3 is 1. The van der Waals surface area contributed by atoms with E-state index in [2.05, 4.69) is 36.2 Å². The number of aromatic nitrogens is 3. The lowest BCUT2D eigenvalue weighted by atomic mass is 9.93. The van der Waals surface area contributed by atoms with E-state index < -0.39 is 0 Å². The fraction of sp³-hybridized carbons (Fsp3) is 0.300. The molecule has 0 fully saturated rings. The number of hydrogen-bond acceptors (Lipinski definition) is 6. The molecule has 1 amide bonds. The summed E-state index contributed by atoms with van der Waals surface area (Å²) in [5, 5.41) is 9.48. The molecule has 1 aromatic carbocycles. The van der Waals surface area contributed by atoms with E-state index in [4.69, 9.17) is 4.74 Å². The van der Waals surface area contributed by atoms with Crippen LogP contribution in [0.25, 0.3) is 11.3 Å². The van der Waals surface area contributed by atoms with Gasteiger partial charge >= 0.3 is 0 Å². The number of amides is 1. The van der Waals surface area contributed by atoms with Crippen molar-refractivity contribution < 1.29 is 9.53 Å². The van der Waals surface area contributed by atoms with Crippen molar-refractivity contribution in [1.29, 1.82) is 0 Å². The molecule has 0 atom stereocenters. The Morgan fingerprint density at radius 1 is 1.18 bits per heavy atom. The highest BCUT2D eigenvalue weighted by Crippen LogP contribution is 2.26. The number of carbonyl (C=O) groups excluding carboxylic acids is 1. The van der Waals surface area contributed by atoms with Gasteiger partial charge in [-0.05, 0) is 30.3 Å². The zero-order valence-corrected chi connectivity index (χ0v) is 17.0. The molecule has 3 rings (SSSR count). The van der Waals surface area contributed by atoms with Crippen molar-refractivity contribution >= 4 is 22.4 Å². The molecule has 2 aromatic heterocycles. The number of anilines is 1. The second kappa shape index (κ2) is 7.93. The predicted octanol–water partition coefficient (Wildman–Crippen LogP) is 3.31. The molecule has 28 heavy (non-hydrogen) atoms. The smallest absolute Gasteiger partial charge is 0.267 e. The summed E-state index contributed by atoms with van der Waals surface area (Å²) in [5.74, 6) is 0.380. The molecule has 0 aliphatic rings. The summed E-state index contributed by atoms with van der Waals surface area (Å²) in [5.41, 5.74) is 1.89. The number of rotatable bonds is 5. The van der Waals surface area contributed by atoms with Crippen LogP contribution in [0.5, 0.6) is 5.75 Å². The van der Waals surface area contributed by atoms with Crippen molar-refractivity contribution in [2.75, 3.05) is 12.4 Å². The van der Waals surface area contributed by atoms with Crippen LogP contribution in [0.2, 0.25) is 0 Å². The molecule has 2 heterocycles. The Morgan fingerprint density at radius 3 is 2.50 bits per heavy atom. The molecule has 0 spiro atoms. The summed E-state index contributed by atoms with van der Waals surface area (Å²) < 4.78 is 6.29. The van der Waals surface area contributed by atoms with Crippen LogP contribution in [0.1, 0.15) is 26.5 Å². The fourth-order valence-electron chi connectivity index (χ4n) is 2.45. The Morgan fingerprint density at radius 2 is 1.89 bits per heavy atom. The number of thiazole rings is 1. The highest BCUT2D eigenvalue weighted by molar-refractivity contribution is 7.13. The maximum absolute atomic E-state index is 12.4. The number of carbonyl (C=O) groups is 1. The number of benzene rings is 1. The van der Waals surface area contributed by atoms with Crippen LogP contribution < -0.4 is 15.6 Å². The molecular formula is C20H22N4O3S. The fourth-order valence-corrected chi connectivity index (χ4v) is 3.40. The van der Waals surface area contributed by atoms with Crippen LogP contribution in [-0.4, -0.2) is 27.8 Å². The van der Waals surface area contributed by atoms with E-state index in [1.807, 2.05) is 29.6 Å². The maximum atomic E-state index is 12.4. The van der Waals surface area contributed by atoms with Gasteiger partial charge in [-0.2, -0.15) is 5.10 Å². The van der Waals surface area contributed by atoms with Gasteiger partial charge in [0.1, 0.15) is 12.3 Å². The SMILES string of the molecule is COc1ccc(-c2ccc(=O)n(CC(=O)Nc3nc(C(C)(C)C)cs3)n2)cc1. The highest BCUT2D eigenvalue weighted by Gasteiger charge is 2.18. The lowest BCUT2D eigenvalue weighted by Gasteiger charge is -2.14. The van der Waals surface area contributed by atoms with Crippen molar-refractivity contribution in [3.8, 4) is 17.0 Å². The summed E-state index contributed by atoms with van der Waals surface area (Å²) in [4.78, 5) is 28.9. The molecule has 0 aliphatic heterocycles. The Balaban J connectivity index is 1.75. The Hall–Kier alpha value is -3.00. The average Bonchev–Trinajstić information content (AvgIpc) is 3.12. The Kier molecular flexibility index (Phi) is 5.60. The molecule has 7 nitrogen and oxygen atoms in total. The largest absolute Gasteiger partial charge is 0.497 e. The topological polar surface area (TPSA) is 86.1 Å². The quantitative estimate of drug-likeness (QED) is 0.713. The van der Waals surface area contributed by atoms with E-state index in [1.165, 1.54) is 17.4 Å². The van der Waals surface area contributed by atoms with Gasteiger partial charge in [-0.15, -0.1) is 11.3 Å². The van der Waals surface area contributed by atoms with Gasteiger partial charge in [0, 0.05) is 22.4 Å². The van der Waals surface area contributed by atoms with Crippen LogP contribution in [-0.2, 0) is 16.8 Å². The molecule has 0 saturated heterocycles. The van der Waals surface area contributed by atoms with E-state index in [0.29, 0.717) is 10.8 Å². The van der Waals surface area contributed by atoms with Crippen LogP contribution in [0.4, 0.5) is 5.13 Å². The summed E-state index contributed by atoms with van der Waals surface area (Å²) in [6.07, 6.45) is 0. The highest BCUT2D eigenvalue weighted by atomic mass is 32.1. The molecule has 3 aromatic rings. The maximum Gasteiger partial charge on any atom is 0.267 e. The van der Waals surface area contributed by atoms with Gasteiger partial charge in [0.15, 0.2) is 5.13 Å². The summed E-state index contributed by atoms with van der Waals surface area (Å²) >= 11 is 1.36. The van der Waals surface area contributed by atoms with Gasteiger partial charge in [-0.3, -0.25) is 9.59 Å². The third-order valence-corrected chi connectivity index (χ3v) is 4.82. The van der Waals surface area contributed by atoms with Gasteiger partial charge in [-0.25, -0.2) is 9.67 Å². The molecule has 0 saturated carbocycles. The first-order valence-electron chi connectivity index (χ1n) is 8.75. The summed E-state index contributed by atoms with van der Waals surface area (Å²) in [7, 11) is 1.60. The van der Waals surface area contributed by atoms with E-state index in [1.54, 1.807) is 13.2 Å². The number of nitrogens with zero attached hydrogens (tertiary/aromatic N) is 3. The molecule has 0 aliphatic carbocycles. The lowest BCUT2D eigenvalue weighted by Crippen LogP contribution is -2.29. The van der Waals surface area contributed by atoms with Crippen molar-refractivity contribution in [2.45, 2.75) is 32.7 Å². The van der Waals surface area contributed by atoms with E-state index >= 15 is 0 Å². The number of nitrogens with one attached hydrogen (secondary N) is 1. The Labute approximate surface area is 167 Å². The minimum absolute atomic E-state index is 0.0926. The molecule has 8 heteroatoms. The first-order valence-corrected chi connectivity index (χ1v) is 9.63. The minimum Gasteiger partial charge on any atom is -0.497 e. The molecule has 1 N–H and O–H groups in total. The second-order valence-electron chi connectivity index (χ2n) is 7.28. The first kappa shape index (κ1) is 19.8.